The molecule has 3 aromatic heterocycles. The number of aliphatic hydroxyl groups excluding tert-OH is 1. The van der Waals surface area contributed by atoms with Gasteiger partial charge in [0.1, 0.15) is 17.0 Å². The van der Waals surface area contributed by atoms with Gasteiger partial charge in [-0.1, -0.05) is 38.2 Å². The van der Waals surface area contributed by atoms with Gasteiger partial charge in [0, 0.05) is 54.0 Å². The number of fused-ring (bicyclic) bond motifs is 1. The van der Waals surface area contributed by atoms with E-state index in [1.165, 1.54) is 16.5 Å². The Morgan fingerprint density at radius 2 is 2.00 bits per heavy atom. The number of carbonyl (C=O) groups excluding carboxylic acids is 1. The molecule has 1 spiro atoms. The lowest BCUT2D eigenvalue weighted by Crippen LogP contribution is -2.57. The summed E-state index contributed by atoms with van der Waals surface area (Å²) in [5.41, 5.74) is 2.48. The van der Waals surface area contributed by atoms with Gasteiger partial charge in [-0.3, -0.25) is 14.5 Å². The summed E-state index contributed by atoms with van der Waals surface area (Å²) in [5, 5.41) is 29.1. The Hall–Kier alpha value is -2.65. The Morgan fingerprint density at radius 3 is 2.76 bits per heavy atom. The molecular weight excluding hydrogens is 631 g/mol. The van der Waals surface area contributed by atoms with Crippen molar-refractivity contribution in [3.8, 4) is 5.75 Å². The Bertz CT molecular complexity index is 1690. The number of carbonyl (C=O) groups is 1. The van der Waals surface area contributed by atoms with Gasteiger partial charge in [-0.25, -0.2) is 4.98 Å². The van der Waals surface area contributed by atoms with Gasteiger partial charge >= 0.3 is 4.87 Å². The van der Waals surface area contributed by atoms with Crippen molar-refractivity contribution in [3.05, 3.63) is 65.3 Å². The van der Waals surface area contributed by atoms with Crippen LogP contribution in [0, 0.1) is 0 Å². The first-order chi connectivity index (χ1) is 21.5. The highest BCUT2D eigenvalue weighted by molar-refractivity contribution is 7.16. The smallest absolute Gasteiger partial charge is 0.305 e. The van der Waals surface area contributed by atoms with Gasteiger partial charge in [-0.05, 0) is 48.9 Å². The second-order valence-corrected chi connectivity index (χ2v) is 15.9. The first kappa shape index (κ1) is 32.3. The van der Waals surface area contributed by atoms with Crippen LogP contribution in [0.4, 0.5) is 0 Å². The number of hydrogen-bond donors (Lipinski definition) is 4. The number of likely N-dealkylation sites (tertiary alicyclic amines) is 1. The molecule has 2 saturated heterocycles. The summed E-state index contributed by atoms with van der Waals surface area (Å²) in [6.07, 6.45) is 1.87. The van der Waals surface area contributed by atoms with Crippen molar-refractivity contribution in [3.63, 3.8) is 0 Å². The number of aromatic hydroxyl groups is 1. The fraction of sp³-hybridized carbons (Fsp3) is 0.531. The molecule has 4 N–H and O–H groups in total. The van der Waals surface area contributed by atoms with Gasteiger partial charge in [0.15, 0.2) is 0 Å². The Balaban J connectivity index is 0.948. The molecule has 1 atom stereocenters. The van der Waals surface area contributed by atoms with Crippen molar-refractivity contribution >= 4 is 50.1 Å². The number of aromatic amines is 1. The number of ether oxygens (including phenoxy) is 1. The van der Waals surface area contributed by atoms with E-state index in [2.05, 4.69) is 52.4 Å². The molecule has 45 heavy (non-hydrogen) atoms. The molecule has 2 aliphatic rings. The Kier molecular flexibility index (Phi) is 9.49. The highest BCUT2D eigenvalue weighted by atomic mass is 32.1. The van der Waals surface area contributed by atoms with E-state index in [-0.39, 0.29) is 27.5 Å². The standard InChI is InChI=1S/C32H41N5O5S3/c1-31(2,3)29-34-23(18-44-29)28(40)37-12-13-42-32(19-37)7-10-36(11-8-32)16-21-14-20(17-43-21)6-9-33-15-25(39)22-4-5-24(38)26-27(22)45-30(41)35-26/h4-5,14,17-18,25,33,38-39H,6-13,15-16,19H2,1-3H3,(H,35,41)/t25-/m0/s1. The number of phenolic OH excluding ortho intramolecular Hbond substituents is 1. The van der Waals surface area contributed by atoms with E-state index in [4.69, 9.17) is 4.74 Å². The number of nitrogens with zero attached hydrogens (tertiary/aromatic N) is 3. The Labute approximate surface area is 274 Å². The number of aromatic nitrogens is 2. The lowest BCUT2D eigenvalue weighted by atomic mass is 9.89. The number of amides is 1. The van der Waals surface area contributed by atoms with Crippen molar-refractivity contribution < 1.29 is 19.7 Å². The molecule has 0 bridgehead atoms. The fourth-order valence-electron chi connectivity index (χ4n) is 6.06. The lowest BCUT2D eigenvalue weighted by Gasteiger charge is -2.47. The van der Waals surface area contributed by atoms with Crippen LogP contribution in [0.25, 0.3) is 10.2 Å². The number of thiophene rings is 1. The highest BCUT2D eigenvalue weighted by Crippen LogP contribution is 2.33. The molecular formula is C32H41N5O5S3. The third-order valence-corrected chi connectivity index (χ3v) is 11.8. The van der Waals surface area contributed by atoms with Crippen LogP contribution in [-0.4, -0.2) is 87.4 Å². The third-order valence-electron chi connectivity index (χ3n) is 8.63. The van der Waals surface area contributed by atoms with Crippen LogP contribution < -0.4 is 10.2 Å². The zero-order chi connectivity index (χ0) is 31.8. The zero-order valence-corrected chi connectivity index (χ0v) is 28.4. The Morgan fingerprint density at radius 1 is 1.20 bits per heavy atom. The minimum Gasteiger partial charge on any atom is -0.506 e. The number of morpholine rings is 1. The zero-order valence-electron chi connectivity index (χ0n) is 25.9. The number of nitrogens with one attached hydrogen (secondary N) is 2. The number of piperidine rings is 1. The lowest BCUT2D eigenvalue weighted by molar-refractivity contribution is -0.127. The van der Waals surface area contributed by atoms with Gasteiger partial charge in [-0.15, -0.1) is 22.7 Å². The maximum absolute atomic E-state index is 13.3. The summed E-state index contributed by atoms with van der Waals surface area (Å²) >= 11 is 4.33. The average Bonchev–Trinajstić information content (AvgIpc) is 3.77. The van der Waals surface area contributed by atoms with Crippen molar-refractivity contribution in [2.24, 2.45) is 0 Å². The fourth-order valence-corrected chi connectivity index (χ4v) is 8.83. The van der Waals surface area contributed by atoms with E-state index in [0.29, 0.717) is 47.7 Å². The molecule has 0 aliphatic carbocycles. The van der Waals surface area contributed by atoms with E-state index in [1.807, 2.05) is 10.3 Å². The van der Waals surface area contributed by atoms with Crippen molar-refractivity contribution in [1.29, 1.82) is 0 Å². The van der Waals surface area contributed by atoms with Gasteiger partial charge in [0.05, 0.1) is 34.6 Å². The number of hydrogen-bond acceptors (Lipinski definition) is 11. The van der Waals surface area contributed by atoms with Crippen LogP contribution in [0.2, 0.25) is 0 Å². The van der Waals surface area contributed by atoms with E-state index < -0.39 is 6.10 Å². The molecule has 6 rings (SSSR count). The molecule has 0 radical (unpaired) electrons. The second-order valence-electron chi connectivity index (χ2n) is 13.1. The minimum absolute atomic E-state index is 0.00679. The molecule has 2 aliphatic heterocycles. The number of phenols is 1. The van der Waals surface area contributed by atoms with E-state index in [0.717, 1.165) is 61.8 Å². The molecule has 10 nitrogen and oxygen atoms in total. The largest absolute Gasteiger partial charge is 0.506 e. The highest BCUT2D eigenvalue weighted by Gasteiger charge is 2.41. The van der Waals surface area contributed by atoms with Crippen LogP contribution in [0.3, 0.4) is 0 Å². The molecule has 4 aromatic rings. The predicted octanol–water partition coefficient (Wildman–Crippen LogP) is 4.48. The molecule has 2 fully saturated rings. The molecule has 1 amide bonds. The van der Waals surface area contributed by atoms with Crippen LogP contribution >= 0.6 is 34.0 Å². The minimum atomic E-state index is -0.785. The topological polar surface area (TPSA) is 131 Å². The number of aliphatic hydroxyl groups is 1. The maximum Gasteiger partial charge on any atom is 0.305 e. The SMILES string of the molecule is CC(C)(C)c1nc(C(=O)N2CCOC3(CCN(Cc4cc(CCNC[C@H](O)c5ccc(O)c6[nH]c(=O)sc56)cs4)CC3)C2)cs1. The molecule has 5 heterocycles. The molecule has 0 unspecified atom stereocenters. The van der Waals surface area contributed by atoms with Gasteiger partial charge in [0.25, 0.3) is 5.91 Å². The number of H-pyrrole nitrogens is 1. The maximum atomic E-state index is 13.3. The molecule has 242 valence electrons. The van der Waals surface area contributed by atoms with Crippen LogP contribution in [0.1, 0.15) is 71.2 Å². The van der Waals surface area contributed by atoms with E-state index in [1.54, 1.807) is 28.7 Å². The first-order valence-corrected chi connectivity index (χ1v) is 18.0. The first-order valence-electron chi connectivity index (χ1n) is 15.4. The average molecular weight is 672 g/mol. The van der Waals surface area contributed by atoms with Crippen molar-refractivity contribution in [1.82, 2.24) is 25.1 Å². The summed E-state index contributed by atoms with van der Waals surface area (Å²) in [7, 11) is 0. The summed E-state index contributed by atoms with van der Waals surface area (Å²) in [6, 6.07) is 5.44. The van der Waals surface area contributed by atoms with Crippen LogP contribution in [0.15, 0.2) is 33.8 Å². The van der Waals surface area contributed by atoms with Crippen molar-refractivity contribution in [2.75, 3.05) is 45.9 Å². The third kappa shape index (κ3) is 7.35. The normalized spacial score (nSPS) is 18.2. The summed E-state index contributed by atoms with van der Waals surface area (Å²) in [4.78, 5) is 37.8. The van der Waals surface area contributed by atoms with E-state index >= 15 is 0 Å². The quantitative estimate of drug-likeness (QED) is 0.192. The second kappa shape index (κ2) is 13.2. The van der Waals surface area contributed by atoms with Gasteiger partial charge in [-0.2, -0.15) is 0 Å². The van der Waals surface area contributed by atoms with Crippen molar-refractivity contribution in [2.45, 2.75) is 63.7 Å². The number of thiazole rings is 2. The number of benzene rings is 1. The monoisotopic (exact) mass is 671 g/mol. The molecule has 1 aromatic carbocycles. The predicted molar refractivity (Wildman–Crippen MR) is 180 cm³/mol. The summed E-state index contributed by atoms with van der Waals surface area (Å²) < 4.78 is 6.92. The summed E-state index contributed by atoms with van der Waals surface area (Å²) in [6.45, 7) is 12.0. The van der Waals surface area contributed by atoms with Crippen LogP contribution in [0.5, 0.6) is 5.75 Å². The molecule has 13 heteroatoms. The number of rotatable bonds is 9. The molecule has 0 saturated carbocycles. The van der Waals surface area contributed by atoms with Crippen LogP contribution in [-0.2, 0) is 23.1 Å². The van der Waals surface area contributed by atoms with Gasteiger partial charge < -0.3 is 30.2 Å². The summed E-state index contributed by atoms with van der Waals surface area (Å²) in [5.74, 6) is 0.0194. The van der Waals surface area contributed by atoms with E-state index in [9.17, 15) is 19.8 Å². The van der Waals surface area contributed by atoms with Gasteiger partial charge in [0.2, 0.25) is 0 Å².